The Hall–Kier alpha value is -1.66. The van der Waals surface area contributed by atoms with Gasteiger partial charge in [0.2, 0.25) is 0 Å². The Bertz CT molecular complexity index is 607. The maximum atomic E-state index is 12.6. The number of rotatable bonds is 8. The minimum atomic E-state index is -0.307. The predicted molar refractivity (Wildman–Crippen MR) is 107 cm³/mol. The summed E-state index contributed by atoms with van der Waals surface area (Å²) in [6.45, 7) is 13.1. The number of benzene rings is 1. The SMILES string of the molecule is C=CCN(CC=C)C(=S)NC(=O)c1cc(Br)ccc1OCC(C)C. The minimum Gasteiger partial charge on any atom is -0.492 e. The molecule has 0 aliphatic rings. The molecule has 0 bridgehead atoms. The van der Waals surface area contributed by atoms with E-state index in [2.05, 4.69) is 48.3 Å². The second kappa shape index (κ2) is 10.3. The molecule has 6 heteroatoms. The number of hydrogen-bond donors (Lipinski definition) is 1. The van der Waals surface area contributed by atoms with Crippen LogP contribution in [-0.2, 0) is 0 Å². The van der Waals surface area contributed by atoms with Gasteiger partial charge >= 0.3 is 0 Å². The lowest BCUT2D eigenvalue weighted by atomic mass is 10.2. The van der Waals surface area contributed by atoms with Crippen LogP contribution in [0.1, 0.15) is 24.2 Å². The van der Waals surface area contributed by atoms with Crippen LogP contribution in [0, 0.1) is 5.92 Å². The molecular formula is C18H23BrN2O2S. The minimum absolute atomic E-state index is 0.307. The van der Waals surface area contributed by atoms with Gasteiger partial charge in [0, 0.05) is 17.6 Å². The Morgan fingerprint density at radius 1 is 1.38 bits per heavy atom. The third kappa shape index (κ3) is 6.45. The number of amides is 1. The maximum Gasteiger partial charge on any atom is 0.261 e. The Morgan fingerprint density at radius 3 is 2.54 bits per heavy atom. The zero-order chi connectivity index (χ0) is 18.1. The molecular weight excluding hydrogens is 388 g/mol. The average Bonchev–Trinajstić information content (AvgIpc) is 2.53. The molecule has 24 heavy (non-hydrogen) atoms. The van der Waals surface area contributed by atoms with Crippen molar-refractivity contribution >= 4 is 39.2 Å². The third-order valence-electron chi connectivity index (χ3n) is 2.97. The van der Waals surface area contributed by atoms with E-state index < -0.39 is 0 Å². The molecule has 0 saturated carbocycles. The molecule has 1 aromatic carbocycles. The zero-order valence-electron chi connectivity index (χ0n) is 14.0. The summed E-state index contributed by atoms with van der Waals surface area (Å²) in [7, 11) is 0. The molecule has 1 N–H and O–H groups in total. The van der Waals surface area contributed by atoms with Crippen LogP contribution in [0.15, 0.2) is 48.0 Å². The topological polar surface area (TPSA) is 41.6 Å². The number of nitrogens with zero attached hydrogens (tertiary/aromatic N) is 1. The van der Waals surface area contributed by atoms with E-state index in [1.54, 1.807) is 29.2 Å². The molecule has 0 aliphatic heterocycles. The fraction of sp³-hybridized carbons (Fsp3) is 0.333. The number of hydrogen-bond acceptors (Lipinski definition) is 3. The first-order chi connectivity index (χ1) is 11.4. The number of carbonyl (C=O) groups is 1. The van der Waals surface area contributed by atoms with E-state index in [-0.39, 0.29) is 5.91 Å². The molecule has 0 atom stereocenters. The lowest BCUT2D eigenvalue weighted by molar-refractivity contribution is 0.0969. The molecule has 1 amide bonds. The van der Waals surface area contributed by atoms with Crippen molar-refractivity contribution in [1.82, 2.24) is 10.2 Å². The maximum absolute atomic E-state index is 12.6. The highest BCUT2D eigenvalue weighted by atomic mass is 79.9. The lowest BCUT2D eigenvalue weighted by Crippen LogP contribution is -2.42. The fourth-order valence-electron chi connectivity index (χ4n) is 1.86. The van der Waals surface area contributed by atoms with Crippen LogP contribution in [0.3, 0.4) is 0 Å². The van der Waals surface area contributed by atoms with E-state index in [0.717, 1.165) is 4.47 Å². The second-order valence-electron chi connectivity index (χ2n) is 5.59. The van der Waals surface area contributed by atoms with Crippen molar-refractivity contribution in [1.29, 1.82) is 0 Å². The Morgan fingerprint density at radius 2 is 2.00 bits per heavy atom. The summed E-state index contributed by atoms with van der Waals surface area (Å²) in [5.74, 6) is 0.589. The van der Waals surface area contributed by atoms with Gasteiger partial charge in [-0.25, -0.2) is 0 Å². The number of thiocarbonyl (C=S) groups is 1. The summed E-state index contributed by atoms with van der Waals surface area (Å²) >= 11 is 8.70. The molecule has 0 heterocycles. The molecule has 1 rings (SSSR count). The van der Waals surface area contributed by atoms with Crippen molar-refractivity contribution in [3.8, 4) is 5.75 Å². The predicted octanol–water partition coefficient (Wildman–Crippen LogP) is 4.17. The Kier molecular flexibility index (Phi) is 8.71. The summed E-state index contributed by atoms with van der Waals surface area (Å²) in [4.78, 5) is 14.4. The van der Waals surface area contributed by atoms with Crippen molar-refractivity contribution in [2.24, 2.45) is 5.92 Å². The number of nitrogens with one attached hydrogen (secondary N) is 1. The molecule has 130 valence electrons. The summed E-state index contributed by atoms with van der Waals surface area (Å²) in [5, 5.41) is 3.07. The van der Waals surface area contributed by atoms with Gasteiger partial charge < -0.3 is 9.64 Å². The van der Waals surface area contributed by atoms with Gasteiger partial charge in [0.05, 0.1) is 12.2 Å². The lowest BCUT2D eigenvalue weighted by Gasteiger charge is -2.22. The molecule has 0 saturated heterocycles. The largest absolute Gasteiger partial charge is 0.492 e. The van der Waals surface area contributed by atoms with Gasteiger partial charge in [-0.05, 0) is 36.3 Å². The van der Waals surface area contributed by atoms with E-state index in [9.17, 15) is 4.79 Å². The second-order valence-corrected chi connectivity index (χ2v) is 6.89. The van der Waals surface area contributed by atoms with Crippen LogP contribution in [0.2, 0.25) is 0 Å². The first-order valence-electron chi connectivity index (χ1n) is 7.63. The van der Waals surface area contributed by atoms with Crippen LogP contribution in [0.25, 0.3) is 0 Å². The fourth-order valence-corrected chi connectivity index (χ4v) is 2.46. The van der Waals surface area contributed by atoms with Gasteiger partial charge in [-0.1, -0.05) is 41.9 Å². The van der Waals surface area contributed by atoms with Crippen molar-refractivity contribution < 1.29 is 9.53 Å². The van der Waals surface area contributed by atoms with E-state index in [1.165, 1.54) is 0 Å². The molecule has 4 nitrogen and oxygen atoms in total. The number of halogens is 1. The zero-order valence-corrected chi connectivity index (χ0v) is 16.5. The van der Waals surface area contributed by atoms with Crippen molar-refractivity contribution in [3.63, 3.8) is 0 Å². The van der Waals surface area contributed by atoms with Gasteiger partial charge in [0.25, 0.3) is 5.91 Å². The smallest absolute Gasteiger partial charge is 0.261 e. The summed E-state index contributed by atoms with van der Waals surface area (Å²) in [5.41, 5.74) is 0.435. The third-order valence-corrected chi connectivity index (χ3v) is 3.82. The van der Waals surface area contributed by atoms with Gasteiger partial charge in [-0.15, -0.1) is 13.2 Å². The van der Waals surface area contributed by atoms with Crippen LogP contribution in [-0.4, -0.2) is 35.6 Å². The molecule has 0 radical (unpaired) electrons. The normalized spacial score (nSPS) is 10.2. The van der Waals surface area contributed by atoms with Crippen molar-refractivity contribution in [3.05, 3.63) is 53.5 Å². The monoisotopic (exact) mass is 410 g/mol. The highest BCUT2D eigenvalue weighted by Gasteiger charge is 2.17. The average molecular weight is 411 g/mol. The van der Waals surface area contributed by atoms with E-state index >= 15 is 0 Å². The van der Waals surface area contributed by atoms with Gasteiger partial charge in [-0.3, -0.25) is 10.1 Å². The Labute approximate surface area is 157 Å². The van der Waals surface area contributed by atoms with Crippen LogP contribution in [0.5, 0.6) is 5.75 Å². The van der Waals surface area contributed by atoms with Crippen LogP contribution in [0.4, 0.5) is 0 Å². The highest BCUT2D eigenvalue weighted by molar-refractivity contribution is 9.10. The van der Waals surface area contributed by atoms with E-state index in [4.69, 9.17) is 17.0 Å². The molecule has 0 unspecified atom stereocenters. The highest BCUT2D eigenvalue weighted by Crippen LogP contribution is 2.24. The quantitative estimate of drug-likeness (QED) is 0.515. The molecule has 0 aliphatic carbocycles. The first kappa shape index (κ1) is 20.4. The molecule has 0 spiro atoms. The van der Waals surface area contributed by atoms with Crippen LogP contribution < -0.4 is 10.1 Å². The van der Waals surface area contributed by atoms with Crippen molar-refractivity contribution in [2.45, 2.75) is 13.8 Å². The van der Waals surface area contributed by atoms with Crippen molar-refractivity contribution in [2.75, 3.05) is 19.7 Å². The van der Waals surface area contributed by atoms with E-state index in [1.807, 2.05) is 6.07 Å². The Balaban J connectivity index is 2.92. The van der Waals surface area contributed by atoms with Gasteiger partial charge in [-0.2, -0.15) is 0 Å². The molecule has 0 aromatic heterocycles. The summed E-state index contributed by atoms with van der Waals surface area (Å²) < 4.78 is 6.54. The number of ether oxygens (including phenoxy) is 1. The van der Waals surface area contributed by atoms with E-state index in [0.29, 0.717) is 42.0 Å². The summed E-state index contributed by atoms with van der Waals surface area (Å²) in [6.07, 6.45) is 3.44. The molecule has 0 fully saturated rings. The number of carbonyl (C=O) groups excluding carboxylic acids is 1. The standard InChI is InChI=1S/C18H23BrN2O2S/c1-5-9-21(10-6-2)18(24)20-17(22)15-11-14(19)7-8-16(15)23-12-13(3)4/h5-8,11,13H,1-2,9-10,12H2,3-4H3,(H,20,22,24). The van der Waals surface area contributed by atoms with Gasteiger partial charge in [0.1, 0.15) is 5.75 Å². The van der Waals surface area contributed by atoms with Gasteiger partial charge in [0.15, 0.2) is 5.11 Å². The molecule has 1 aromatic rings. The summed E-state index contributed by atoms with van der Waals surface area (Å²) in [6, 6.07) is 5.33. The first-order valence-corrected chi connectivity index (χ1v) is 8.83. The van der Waals surface area contributed by atoms with Crippen LogP contribution >= 0.6 is 28.1 Å².